The first-order valence-electron chi connectivity index (χ1n) is 3.57. The van der Waals surface area contributed by atoms with Crippen LogP contribution in [0.15, 0.2) is 0 Å². The number of hydrogen-bond donors (Lipinski definition) is 2. The van der Waals surface area contributed by atoms with Gasteiger partial charge in [0.15, 0.2) is 0 Å². The van der Waals surface area contributed by atoms with Crippen molar-refractivity contribution in [1.29, 1.82) is 0 Å². The van der Waals surface area contributed by atoms with Crippen molar-refractivity contribution in [2.24, 2.45) is 11.8 Å². The Hall–Kier alpha value is -0.570. The minimum Gasteiger partial charge on any atom is -0.289 e. The summed E-state index contributed by atoms with van der Waals surface area (Å²) in [6.45, 7) is 5.81. The highest BCUT2D eigenvalue weighted by molar-refractivity contribution is 5.77. The normalized spacial score (nSPS) is 16.0. The van der Waals surface area contributed by atoms with Crippen molar-refractivity contribution in [3.05, 3.63) is 0 Å². The largest absolute Gasteiger partial charge is 0.289 e. The van der Waals surface area contributed by atoms with E-state index in [2.05, 4.69) is 0 Å². The van der Waals surface area contributed by atoms with Crippen molar-refractivity contribution in [2.45, 2.75) is 27.2 Å². The molecule has 0 saturated heterocycles. The molecule has 0 fully saturated rings. The maximum Gasteiger partial charge on any atom is 0.246 e. The van der Waals surface area contributed by atoms with E-state index in [4.69, 9.17) is 5.21 Å². The van der Waals surface area contributed by atoms with Crippen molar-refractivity contribution in [1.82, 2.24) is 5.48 Å². The third-order valence-corrected chi connectivity index (χ3v) is 2.02. The topological polar surface area (TPSA) is 49.3 Å². The average Bonchev–Trinajstić information content (AvgIpc) is 2.00. The van der Waals surface area contributed by atoms with E-state index in [9.17, 15) is 4.79 Å². The molecule has 0 rings (SSSR count). The Bertz CT molecular complexity index is 114. The fraction of sp³-hybridized carbons (Fsp3) is 0.857. The standard InChI is InChI=1S/C7H15NO2/c1-4-5(2)6(3)7(9)8-10/h5-6,10H,4H2,1-3H3,(H,8,9). The fourth-order valence-electron chi connectivity index (χ4n) is 0.714. The number of amides is 1. The highest BCUT2D eigenvalue weighted by Crippen LogP contribution is 2.13. The molecule has 0 aromatic carbocycles. The molecule has 2 unspecified atom stereocenters. The molecule has 0 heterocycles. The zero-order chi connectivity index (χ0) is 8.15. The molecule has 0 aromatic rings. The molecule has 3 nitrogen and oxygen atoms in total. The number of carbonyl (C=O) groups is 1. The zero-order valence-corrected chi connectivity index (χ0v) is 6.72. The Morgan fingerprint density at radius 1 is 1.60 bits per heavy atom. The van der Waals surface area contributed by atoms with Crippen LogP contribution in [-0.2, 0) is 4.79 Å². The first-order chi connectivity index (χ1) is 4.63. The van der Waals surface area contributed by atoms with Crippen molar-refractivity contribution in [3.8, 4) is 0 Å². The van der Waals surface area contributed by atoms with Crippen LogP contribution in [0.25, 0.3) is 0 Å². The summed E-state index contributed by atoms with van der Waals surface area (Å²) in [5, 5.41) is 8.25. The zero-order valence-electron chi connectivity index (χ0n) is 6.72. The van der Waals surface area contributed by atoms with Crippen LogP contribution in [0, 0.1) is 11.8 Å². The monoisotopic (exact) mass is 145 g/mol. The molecule has 10 heavy (non-hydrogen) atoms. The minimum atomic E-state index is -0.297. The van der Waals surface area contributed by atoms with Gasteiger partial charge in [0.2, 0.25) is 5.91 Å². The highest BCUT2D eigenvalue weighted by atomic mass is 16.5. The van der Waals surface area contributed by atoms with E-state index < -0.39 is 0 Å². The molecule has 0 aliphatic heterocycles. The van der Waals surface area contributed by atoms with E-state index >= 15 is 0 Å². The third-order valence-electron chi connectivity index (χ3n) is 2.02. The van der Waals surface area contributed by atoms with Crippen molar-refractivity contribution < 1.29 is 10.0 Å². The first-order valence-corrected chi connectivity index (χ1v) is 3.57. The van der Waals surface area contributed by atoms with Crippen molar-refractivity contribution >= 4 is 5.91 Å². The van der Waals surface area contributed by atoms with Gasteiger partial charge in [0.05, 0.1) is 0 Å². The lowest BCUT2D eigenvalue weighted by molar-refractivity contribution is -0.134. The van der Waals surface area contributed by atoms with Gasteiger partial charge in [-0.15, -0.1) is 0 Å². The summed E-state index contributed by atoms with van der Waals surface area (Å²) in [4.78, 5) is 10.8. The SMILES string of the molecule is CCC(C)C(C)C(=O)NO. The summed E-state index contributed by atoms with van der Waals surface area (Å²) >= 11 is 0. The molecule has 1 amide bonds. The summed E-state index contributed by atoms with van der Waals surface area (Å²) < 4.78 is 0. The van der Waals surface area contributed by atoms with Gasteiger partial charge in [0, 0.05) is 5.92 Å². The molecule has 0 bridgehead atoms. The maximum atomic E-state index is 10.8. The lowest BCUT2D eigenvalue weighted by atomic mass is 9.93. The van der Waals surface area contributed by atoms with Gasteiger partial charge in [0.1, 0.15) is 0 Å². The molecule has 0 aliphatic rings. The van der Waals surface area contributed by atoms with Gasteiger partial charge in [-0.3, -0.25) is 10.0 Å². The lowest BCUT2D eigenvalue weighted by Gasteiger charge is -2.14. The lowest BCUT2D eigenvalue weighted by Crippen LogP contribution is -2.29. The van der Waals surface area contributed by atoms with E-state index in [-0.39, 0.29) is 11.8 Å². The Labute approximate surface area is 61.4 Å². The summed E-state index contributed by atoms with van der Waals surface area (Å²) in [7, 11) is 0. The van der Waals surface area contributed by atoms with Gasteiger partial charge >= 0.3 is 0 Å². The molecule has 0 aliphatic carbocycles. The molecule has 0 radical (unpaired) electrons. The average molecular weight is 145 g/mol. The molecule has 2 atom stereocenters. The molecule has 0 saturated carbocycles. The molecular weight excluding hydrogens is 130 g/mol. The number of rotatable bonds is 3. The second-order valence-electron chi connectivity index (χ2n) is 2.65. The number of hydroxylamine groups is 1. The number of nitrogens with one attached hydrogen (secondary N) is 1. The Morgan fingerprint density at radius 2 is 2.10 bits per heavy atom. The van der Waals surface area contributed by atoms with Crippen LogP contribution < -0.4 is 5.48 Å². The van der Waals surface area contributed by atoms with E-state index in [1.807, 2.05) is 13.8 Å². The summed E-state index contributed by atoms with van der Waals surface area (Å²) in [5.41, 5.74) is 1.64. The van der Waals surface area contributed by atoms with Gasteiger partial charge in [-0.05, 0) is 5.92 Å². The van der Waals surface area contributed by atoms with Crippen LogP contribution in [0.4, 0.5) is 0 Å². The molecule has 60 valence electrons. The van der Waals surface area contributed by atoms with Crippen molar-refractivity contribution in [2.75, 3.05) is 0 Å². The Morgan fingerprint density at radius 3 is 2.40 bits per heavy atom. The molecule has 0 spiro atoms. The van der Waals surface area contributed by atoms with Crippen molar-refractivity contribution in [3.63, 3.8) is 0 Å². The molecular formula is C7H15NO2. The van der Waals surface area contributed by atoms with E-state index in [1.165, 1.54) is 0 Å². The van der Waals surface area contributed by atoms with Gasteiger partial charge in [0.25, 0.3) is 0 Å². The molecule has 2 N–H and O–H groups in total. The van der Waals surface area contributed by atoms with E-state index in [1.54, 1.807) is 12.4 Å². The third kappa shape index (κ3) is 2.35. The second kappa shape index (κ2) is 4.28. The molecule has 3 heteroatoms. The van der Waals surface area contributed by atoms with Crippen LogP contribution in [0.1, 0.15) is 27.2 Å². The molecule has 0 aromatic heterocycles. The summed E-state index contributed by atoms with van der Waals surface area (Å²) in [6.07, 6.45) is 0.953. The first kappa shape index (κ1) is 9.43. The quantitative estimate of drug-likeness (QED) is 0.462. The van der Waals surface area contributed by atoms with E-state index in [0.29, 0.717) is 5.92 Å². The fourth-order valence-corrected chi connectivity index (χ4v) is 0.714. The van der Waals surface area contributed by atoms with Crippen LogP contribution >= 0.6 is 0 Å². The van der Waals surface area contributed by atoms with Gasteiger partial charge in [-0.2, -0.15) is 0 Å². The smallest absolute Gasteiger partial charge is 0.246 e. The van der Waals surface area contributed by atoms with E-state index in [0.717, 1.165) is 6.42 Å². The second-order valence-corrected chi connectivity index (χ2v) is 2.65. The van der Waals surface area contributed by atoms with Crippen LogP contribution in [0.3, 0.4) is 0 Å². The highest BCUT2D eigenvalue weighted by Gasteiger charge is 2.17. The van der Waals surface area contributed by atoms with Gasteiger partial charge in [-0.1, -0.05) is 27.2 Å². The summed E-state index contributed by atoms with van der Waals surface area (Å²) in [6, 6.07) is 0. The maximum absolute atomic E-state index is 10.8. The number of hydrogen-bond acceptors (Lipinski definition) is 2. The van der Waals surface area contributed by atoms with Gasteiger partial charge < -0.3 is 0 Å². The Kier molecular flexibility index (Phi) is 4.03. The van der Waals surface area contributed by atoms with Crippen LogP contribution in [0.2, 0.25) is 0 Å². The predicted molar refractivity (Wildman–Crippen MR) is 38.5 cm³/mol. The Balaban J connectivity index is 3.81. The van der Waals surface area contributed by atoms with Crippen LogP contribution in [-0.4, -0.2) is 11.1 Å². The summed E-state index contributed by atoms with van der Waals surface area (Å²) in [5.74, 6) is -0.0727. The van der Waals surface area contributed by atoms with Crippen LogP contribution in [0.5, 0.6) is 0 Å². The number of carbonyl (C=O) groups excluding carboxylic acids is 1. The minimum absolute atomic E-state index is 0.102. The van der Waals surface area contributed by atoms with Gasteiger partial charge in [-0.25, -0.2) is 5.48 Å². The predicted octanol–water partition coefficient (Wildman–Crippen LogP) is 1.17.